The van der Waals surface area contributed by atoms with Gasteiger partial charge in [0.15, 0.2) is 0 Å². The molecule has 2 amide bonds. The van der Waals surface area contributed by atoms with Crippen LogP contribution in [0.3, 0.4) is 0 Å². The fraction of sp³-hybridized carbons (Fsp3) is 0.294. The number of nitrogens with one attached hydrogen (secondary N) is 2. The molecule has 6 nitrogen and oxygen atoms in total. The van der Waals surface area contributed by atoms with Crippen molar-refractivity contribution in [3.05, 3.63) is 52.4 Å². The highest BCUT2D eigenvalue weighted by Crippen LogP contribution is 2.24. The van der Waals surface area contributed by atoms with Gasteiger partial charge in [0.1, 0.15) is 5.76 Å². The van der Waals surface area contributed by atoms with Gasteiger partial charge in [-0.1, -0.05) is 23.2 Å². The van der Waals surface area contributed by atoms with Gasteiger partial charge in [0.25, 0.3) is 0 Å². The van der Waals surface area contributed by atoms with E-state index in [1.54, 1.807) is 48.5 Å². The number of likely N-dealkylation sites (N-methyl/N-ethyl adjacent to an activating group) is 1. The molecule has 134 valence electrons. The number of carbonyl (C=O) groups is 2. The Labute approximate surface area is 156 Å². The summed E-state index contributed by atoms with van der Waals surface area (Å²) < 4.78 is 5.24. The number of nitrogens with zero attached hydrogens (tertiary/aromatic N) is 1. The molecule has 1 heterocycles. The largest absolute Gasteiger partial charge is 0.467 e. The Kier molecular flexibility index (Phi) is 6.87. The van der Waals surface area contributed by atoms with Crippen LogP contribution in [0.15, 0.2) is 41.0 Å². The topological polar surface area (TPSA) is 74.6 Å². The minimum atomic E-state index is -0.257. The molecule has 0 saturated heterocycles. The molecule has 1 aromatic heterocycles. The van der Waals surface area contributed by atoms with Gasteiger partial charge in [-0.15, -0.1) is 0 Å². The molecule has 0 spiro atoms. The van der Waals surface area contributed by atoms with Crippen LogP contribution in [0.5, 0.6) is 0 Å². The van der Waals surface area contributed by atoms with E-state index in [-0.39, 0.29) is 30.9 Å². The number of furan rings is 1. The lowest BCUT2D eigenvalue weighted by atomic mass is 10.2. The van der Waals surface area contributed by atoms with Crippen molar-refractivity contribution in [1.82, 2.24) is 10.2 Å². The summed E-state index contributed by atoms with van der Waals surface area (Å²) in [5.41, 5.74) is 0.545. The van der Waals surface area contributed by atoms with Crippen molar-refractivity contribution in [3.63, 3.8) is 0 Å². The molecule has 0 aliphatic rings. The number of hydrogen-bond acceptors (Lipinski definition) is 4. The number of carbonyl (C=O) groups excluding carboxylic acids is 2. The zero-order valence-corrected chi connectivity index (χ0v) is 15.4. The maximum absolute atomic E-state index is 12.0. The third-order valence-corrected chi connectivity index (χ3v) is 4.12. The van der Waals surface area contributed by atoms with Crippen molar-refractivity contribution in [1.29, 1.82) is 0 Å². The zero-order chi connectivity index (χ0) is 18.4. The first-order valence-corrected chi connectivity index (χ1v) is 8.37. The quantitative estimate of drug-likeness (QED) is 0.768. The molecule has 0 saturated carbocycles. The Morgan fingerprint density at radius 2 is 1.88 bits per heavy atom. The van der Waals surface area contributed by atoms with Crippen LogP contribution >= 0.6 is 23.2 Å². The van der Waals surface area contributed by atoms with Gasteiger partial charge >= 0.3 is 0 Å². The predicted molar refractivity (Wildman–Crippen MR) is 97.9 cm³/mol. The molecule has 2 rings (SSSR count). The van der Waals surface area contributed by atoms with Crippen LogP contribution in [0.25, 0.3) is 0 Å². The summed E-state index contributed by atoms with van der Waals surface area (Å²) in [6.07, 6.45) is 1.55. The van der Waals surface area contributed by atoms with Crippen LogP contribution in [0.1, 0.15) is 18.7 Å². The van der Waals surface area contributed by atoms with E-state index in [1.807, 2.05) is 6.92 Å². The fourth-order valence-electron chi connectivity index (χ4n) is 2.22. The lowest BCUT2D eigenvalue weighted by molar-refractivity contribution is -0.123. The Hall–Kier alpha value is -2.02. The second-order valence-corrected chi connectivity index (χ2v) is 6.47. The number of hydrogen-bond donors (Lipinski definition) is 2. The first-order chi connectivity index (χ1) is 11.8. The molecule has 0 aliphatic carbocycles. The molecule has 2 N–H and O–H groups in total. The standard InChI is InChI=1S/C17H19Cl2N3O3/c1-11(15-4-3-7-25-15)20-16(23)9-22(2)10-17(24)21-12-5-6-13(18)14(19)8-12/h3-8,11H,9-10H2,1-2H3,(H,20,23)(H,21,24)/t11-/m1/s1. The minimum Gasteiger partial charge on any atom is -0.467 e. The van der Waals surface area contributed by atoms with Crippen molar-refractivity contribution in [2.45, 2.75) is 13.0 Å². The summed E-state index contributed by atoms with van der Waals surface area (Å²) >= 11 is 11.7. The van der Waals surface area contributed by atoms with Crippen molar-refractivity contribution >= 4 is 40.7 Å². The van der Waals surface area contributed by atoms with Crippen molar-refractivity contribution in [3.8, 4) is 0 Å². The van der Waals surface area contributed by atoms with E-state index in [9.17, 15) is 9.59 Å². The third-order valence-electron chi connectivity index (χ3n) is 3.38. The SMILES string of the molecule is C[C@@H](NC(=O)CN(C)CC(=O)Nc1ccc(Cl)c(Cl)c1)c1ccco1. The van der Waals surface area contributed by atoms with Crippen LogP contribution in [0.2, 0.25) is 10.0 Å². The van der Waals surface area contributed by atoms with Crippen LogP contribution in [0, 0.1) is 0 Å². The number of amides is 2. The van der Waals surface area contributed by atoms with Gasteiger partial charge in [0.05, 0.1) is 35.4 Å². The molecule has 0 fully saturated rings. The number of rotatable bonds is 7. The Morgan fingerprint density at radius 1 is 1.16 bits per heavy atom. The van der Waals surface area contributed by atoms with Crippen LogP contribution in [-0.2, 0) is 9.59 Å². The van der Waals surface area contributed by atoms with Gasteiger partial charge in [-0.2, -0.15) is 0 Å². The molecular weight excluding hydrogens is 365 g/mol. The zero-order valence-electron chi connectivity index (χ0n) is 13.9. The van der Waals surface area contributed by atoms with Gasteiger partial charge in [-0.05, 0) is 44.3 Å². The lowest BCUT2D eigenvalue weighted by Crippen LogP contribution is -2.39. The van der Waals surface area contributed by atoms with E-state index in [4.69, 9.17) is 27.6 Å². The molecule has 25 heavy (non-hydrogen) atoms. The minimum absolute atomic E-state index is 0.0583. The molecule has 1 atom stereocenters. The van der Waals surface area contributed by atoms with Crippen molar-refractivity contribution in [2.75, 3.05) is 25.5 Å². The van der Waals surface area contributed by atoms with Crippen LogP contribution in [0.4, 0.5) is 5.69 Å². The second kappa shape index (κ2) is 8.89. The monoisotopic (exact) mass is 383 g/mol. The van der Waals surface area contributed by atoms with E-state index in [2.05, 4.69) is 10.6 Å². The van der Waals surface area contributed by atoms with E-state index >= 15 is 0 Å². The summed E-state index contributed by atoms with van der Waals surface area (Å²) in [5, 5.41) is 6.29. The van der Waals surface area contributed by atoms with Gasteiger partial charge in [0.2, 0.25) is 11.8 Å². The van der Waals surface area contributed by atoms with Crippen LogP contribution < -0.4 is 10.6 Å². The molecule has 0 unspecified atom stereocenters. The van der Waals surface area contributed by atoms with Crippen molar-refractivity contribution in [2.24, 2.45) is 0 Å². The average Bonchev–Trinajstić information content (AvgIpc) is 3.04. The normalized spacial score (nSPS) is 12.0. The summed E-state index contributed by atoms with van der Waals surface area (Å²) in [7, 11) is 1.69. The molecule has 0 aliphatic heterocycles. The fourth-order valence-corrected chi connectivity index (χ4v) is 2.51. The molecule has 0 radical (unpaired) electrons. The highest BCUT2D eigenvalue weighted by molar-refractivity contribution is 6.42. The predicted octanol–water partition coefficient (Wildman–Crippen LogP) is 3.33. The third kappa shape index (κ3) is 6.08. The number of anilines is 1. The first kappa shape index (κ1) is 19.3. The molecular formula is C17H19Cl2N3O3. The van der Waals surface area contributed by atoms with Crippen LogP contribution in [-0.4, -0.2) is 36.9 Å². The summed E-state index contributed by atoms with van der Waals surface area (Å²) in [6, 6.07) is 8.15. The Bertz CT molecular complexity index is 735. The maximum Gasteiger partial charge on any atom is 0.238 e. The van der Waals surface area contributed by atoms with E-state index in [0.717, 1.165) is 0 Å². The summed E-state index contributed by atoms with van der Waals surface area (Å²) in [6.45, 7) is 1.97. The van der Waals surface area contributed by atoms with Gasteiger partial charge in [-0.3, -0.25) is 14.5 Å². The highest BCUT2D eigenvalue weighted by atomic mass is 35.5. The maximum atomic E-state index is 12.0. The van der Waals surface area contributed by atoms with Gasteiger partial charge in [-0.25, -0.2) is 0 Å². The number of benzene rings is 1. The smallest absolute Gasteiger partial charge is 0.238 e. The molecule has 8 heteroatoms. The highest BCUT2D eigenvalue weighted by Gasteiger charge is 2.15. The molecule has 0 bridgehead atoms. The Morgan fingerprint density at radius 3 is 2.52 bits per heavy atom. The summed E-state index contributed by atoms with van der Waals surface area (Å²) in [5.74, 6) is 0.217. The van der Waals surface area contributed by atoms with Crippen molar-refractivity contribution < 1.29 is 14.0 Å². The lowest BCUT2D eigenvalue weighted by Gasteiger charge is -2.18. The van der Waals surface area contributed by atoms with E-state index in [0.29, 0.717) is 21.5 Å². The average molecular weight is 384 g/mol. The molecule has 2 aromatic rings. The van der Waals surface area contributed by atoms with E-state index in [1.165, 1.54) is 0 Å². The Balaban J connectivity index is 1.78. The van der Waals surface area contributed by atoms with E-state index < -0.39 is 0 Å². The van der Waals surface area contributed by atoms with Gasteiger partial charge < -0.3 is 15.1 Å². The first-order valence-electron chi connectivity index (χ1n) is 7.61. The molecule has 1 aromatic carbocycles. The van der Waals surface area contributed by atoms with Gasteiger partial charge in [0, 0.05) is 5.69 Å². The second-order valence-electron chi connectivity index (χ2n) is 5.65. The summed E-state index contributed by atoms with van der Waals surface area (Å²) in [4.78, 5) is 25.7. The number of halogens is 2.